The molecule has 144 valence electrons. The zero-order chi connectivity index (χ0) is 18.8. The molecule has 0 saturated heterocycles. The fraction of sp³-hybridized carbons (Fsp3) is 0.600. The third-order valence-corrected chi connectivity index (χ3v) is 6.04. The SMILES string of the molecule is C=CNC(=S)Nc1sc2c(c1C(=O)OCC)CCCCCCCCCC2. The Labute approximate surface area is 166 Å². The second kappa shape index (κ2) is 11.3. The first kappa shape index (κ1) is 20.9. The molecule has 0 unspecified atom stereocenters. The number of hydrogen-bond acceptors (Lipinski definition) is 4. The van der Waals surface area contributed by atoms with Crippen LogP contribution in [0.25, 0.3) is 0 Å². The molecule has 0 aromatic carbocycles. The molecule has 1 heterocycles. The summed E-state index contributed by atoms with van der Waals surface area (Å²) in [4.78, 5) is 14.0. The lowest BCUT2D eigenvalue weighted by Crippen LogP contribution is -2.24. The molecule has 26 heavy (non-hydrogen) atoms. The van der Waals surface area contributed by atoms with Crippen molar-refractivity contribution in [3.05, 3.63) is 28.8 Å². The normalized spacial score (nSPS) is 15.7. The van der Waals surface area contributed by atoms with E-state index in [1.807, 2.05) is 6.92 Å². The molecule has 1 aliphatic carbocycles. The van der Waals surface area contributed by atoms with Gasteiger partial charge in [0.2, 0.25) is 0 Å². The summed E-state index contributed by atoms with van der Waals surface area (Å²) in [7, 11) is 0. The van der Waals surface area contributed by atoms with E-state index >= 15 is 0 Å². The van der Waals surface area contributed by atoms with Crippen LogP contribution in [0, 0.1) is 0 Å². The quantitative estimate of drug-likeness (QED) is 0.516. The van der Waals surface area contributed by atoms with E-state index in [-0.39, 0.29) is 5.97 Å². The van der Waals surface area contributed by atoms with Gasteiger partial charge in [-0.25, -0.2) is 4.79 Å². The summed E-state index contributed by atoms with van der Waals surface area (Å²) >= 11 is 6.93. The largest absolute Gasteiger partial charge is 0.462 e. The van der Waals surface area contributed by atoms with Crippen LogP contribution in [0.5, 0.6) is 0 Å². The van der Waals surface area contributed by atoms with E-state index in [1.54, 1.807) is 11.3 Å². The van der Waals surface area contributed by atoms with Gasteiger partial charge in [-0.05, 0) is 56.6 Å². The summed E-state index contributed by atoms with van der Waals surface area (Å²) in [5.41, 5.74) is 1.84. The minimum atomic E-state index is -0.249. The fourth-order valence-electron chi connectivity index (χ4n) is 3.37. The van der Waals surface area contributed by atoms with Gasteiger partial charge >= 0.3 is 5.97 Å². The highest BCUT2D eigenvalue weighted by Crippen LogP contribution is 2.37. The van der Waals surface area contributed by atoms with Gasteiger partial charge in [-0.2, -0.15) is 0 Å². The lowest BCUT2D eigenvalue weighted by molar-refractivity contribution is 0.0526. The van der Waals surface area contributed by atoms with E-state index in [0.29, 0.717) is 17.3 Å². The van der Waals surface area contributed by atoms with Crippen molar-refractivity contribution in [2.24, 2.45) is 0 Å². The summed E-state index contributed by atoms with van der Waals surface area (Å²) in [5, 5.41) is 7.29. The highest BCUT2D eigenvalue weighted by molar-refractivity contribution is 7.80. The lowest BCUT2D eigenvalue weighted by atomic mass is 9.97. The number of fused-ring (bicyclic) bond motifs is 1. The number of nitrogens with one attached hydrogen (secondary N) is 2. The lowest BCUT2D eigenvalue weighted by Gasteiger charge is -2.11. The van der Waals surface area contributed by atoms with Crippen LogP contribution in [0.15, 0.2) is 12.8 Å². The maximum Gasteiger partial charge on any atom is 0.341 e. The molecule has 0 saturated carbocycles. The molecule has 1 aromatic rings. The highest BCUT2D eigenvalue weighted by atomic mass is 32.1. The molecule has 4 nitrogen and oxygen atoms in total. The number of aryl methyl sites for hydroxylation is 1. The smallest absolute Gasteiger partial charge is 0.341 e. The van der Waals surface area contributed by atoms with Gasteiger partial charge in [-0.15, -0.1) is 11.3 Å². The molecule has 0 spiro atoms. The van der Waals surface area contributed by atoms with Crippen molar-refractivity contribution in [2.75, 3.05) is 11.9 Å². The van der Waals surface area contributed by atoms with Gasteiger partial charge in [-0.3, -0.25) is 0 Å². The standard InChI is InChI=1S/C20H30N2O2S2/c1-3-21-20(25)22-18-17(19(23)24-4-2)15-13-11-9-7-5-6-8-10-12-14-16(15)26-18/h3H,1,4-14H2,2H3,(H2,21,22,25). The van der Waals surface area contributed by atoms with Gasteiger partial charge in [0.15, 0.2) is 5.11 Å². The van der Waals surface area contributed by atoms with Crippen LogP contribution in [0.4, 0.5) is 5.00 Å². The third kappa shape index (κ3) is 6.09. The Hall–Kier alpha value is -1.40. The monoisotopic (exact) mass is 394 g/mol. The second-order valence-corrected chi connectivity index (χ2v) is 8.07. The number of hydrogen-bond donors (Lipinski definition) is 2. The van der Waals surface area contributed by atoms with Crippen LogP contribution < -0.4 is 10.6 Å². The van der Waals surface area contributed by atoms with Crippen molar-refractivity contribution < 1.29 is 9.53 Å². The van der Waals surface area contributed by atoms with Crippen LogP contribution in [-0.4, -0.2) is 17.7 Å². The van der Waals surface area contributed by atoms with Gasteiger partial charge < -0.3 is 15.4 Å². The fourth-order valence-corrected chi connectivity index (χ4v) is 4.90. The molecule has 1 aromatic heterocycles. The van der Waals surface area contributed by atoms with E-state index in [9.17, 15) is 4.79 Å². The van der Waals surface area contributed by atoms with Gasteiger partial charge in [0.25, 0.3) is 0 Å². The van der Waals surface area contributed by atoms with Crippen LogP contribution >= 0.6 is 23.6 Å². The average molecular weight is 395 g/mol. The first-order valence-electron chi connectivity index (χ1n) is 9.67. The molecular formula is C20H30N2O2S2. The van der Waals surface area contributed by atoms with Gasteiger partial charge in [0.05, 0.1) is 12.2 Å². The first-order chi connectivity index (χ1) is 12.7. The van der Waals surface area contributed by atoms with E-state index in [1.165, 1.54) is 56.0 Å². The van der Waals surface area contributed by atoms with Crippen LogP contribution in [0.2, 0.25) is 0 Å². The molecule has 0 radical (unpaired) electrons. The molecular weight excluding hydrogens is 364 g/mol. The number of carbonyl (C=O) groups is 1. The molecule has 2 N–H and O–H groups in total. The number of rotatable bonds is 4. The summed E-state index contributed by atoms with van der Waals surface area (Å²) in [6, 6.07) is 0. The second-order valence-electron chi connectivity index (χ2n) is 6.56. The predicted octanol–water partition coefficient (Wildman–Crippen LogP) is 5.57. The van der Waals surface area contributed by atoms with Crippen molar-refractivity contribution in [1.82, 2.24) is 5.32 Å². The maximum atomic E-state index is 12.7. The van der Waals surface area contributed by atoms with Gasteiger partial charge in [0.1, 0.15) is 5.00 Å². The highest BCUT2D eigenvalue weighted by Gasteiger charge is 2.25. The first-order valence-corrected chi connectivity index (χ1v) is 10.9. The van der Waals surface area contributed by atoms with E-state index in [4.69, 9.17) is 17.0 Å². The third-order valence-electron chi connectivity index (χ3n) is 4.61. The van der Waals surface area contributed by atoms with Crippen LogP contribution in [-0.2, 0) is 17.6 Å². The Balaban J connectivity index is 2.33. The van der Waals surface area contributed by atoms with Crippen molar-refractivity contribution in [3.63, 3.8) is 0 Å². The number of anilines is 1. The molecule has 6 heteroatoms. The summed E-state index contributed by atoms with van der Waals surface area (Å²) in [5.74, 6) is -0.249. The number of thiocarbonyl (C=S) groups is 1. The molecule has 0 aliphatic heterocycles. The number of ether oxygens (including phenoxy) is 1. The molecule has 1 aliphatic rings. The number of carbonyl (C=O) groups excluding carboxylic acids is 1. The Morgan fingerprint density at radius 2 is 1.77 bits per heavy atom. The van der Waals surface area contributed by atoms with Crippen LogP contribution in [0.1, 0.15) is 79.1 Å². The molecule has 0 fully saturated rings. The van der Waals surface area contributed by atoms with Gasteiger partial charge in [0, 0.05) is 4.88 Å². The van der Waals surface area contributed by atoms with Crippen molar-refractivity contribution in [1.29, 1.82) is 0 Å². The van der Waals surface area contributed by atoms with Gasteiger partial charge in [-0.1, -0.05) is 45.1 Å². The Bertz CT molecular complexity index is 626. The molecule has 0 bridgehead atoms. The number of thiophene rings is 1. The number of esters is 1. The zero-order valence-corrected chi connectivity index (χ0v) is 17.3. The van der Waals surface area contributed by atoms with E-state index < -0.39 is 0 Å². The minimum absolute atomic E-state index is 0.249. The van der Waals surface area contributed by atoms with Crippen molar-refractivity contribution >= 4 is 39.6 Å². The average Bonchev–Trinajstić information content (AvgIpc) is 2.92. The van der Waals surface area contributed by atoms with Crippen molar-refractivity contribution in [3.8, 4) is 0 Å². The topological polar surface area (TPSA) is 50.4 Å². The maximum absolute atomic E-state index is 12.7. The van der Waals surface area contributed by atoms with Crippen molar-refractivity contribution in [2.45, 2.75) is 71.1 Å². The summed E-state index contributed by atoms with van der Waals surface area (Å²) < 4.78 is 5.35. The zero-order valence-electron chi connectivity index (χ0n) is 15.7. The summed E-state index contributed by atoms with van der Waals surface area (Å²) in [6.07, 6.45) is 13.5. The van der Waals surface area contributed by atoms with Crippen LogP contribution in [0.3, 0.4) is 0 Å². The van der Waals surface area contributed by atoms with E-state index in [0.717, 1.165) is 29.8 Å². The Morgan fingerprint density at radius 3 is 2.38 bits per heavy atom. The Morgan fingerprint density at radius 1 is 1.15 bits per heavy atom. The summed E-state index contributed by atoms with van der Waals surface area (Å²) in [6.45, 7) is 5.85. The molecule has 2 rings (SSSR count). The predicted molar refractivity (Wildman–Crippen MR) is 114 cm³/mol. The molecule has 0 amide bonds. The molecule has 0 atom stereocenters. The minimum Gasteiger partial charge on any atom is -0.462 e. The van der Waals surface area contributed by atoms with E-state index in [2.05, 4.69) is 17.2 Å². The Kier molecular flexibility index (Phi) is 9.12.